The van der Waals surface area contributed by atoms with Crippen LogP contribution in [0.4, 0.5) is 0 Å². The molecule has 1 fully saturated rings. The lowest BCUT2D eigenvalue weighted by Gasteiger charge is -2.32. The third-order valence-corrected chi connectivity index (χ3v) is 6.32. The molecule has 0 bridgehead atoms. The summed E-state index contributed by atoms with van der Waals surface area (Å²) in [5.41, 5.74) is 0. The number of phenolic OH excluding ortho intramolecular Hbond substituents is 1. The van der Waals surface area contributed by atoms with Gasteiger partial charge in [0.2, 0.25) is 20.0 Å². The summed E-state index contributed by atoms with van der Waals surface area (Å²) in [5, 5.41) is 9.35. The Bertz CT molecular complexity index is 691. The van der Waals surface area contributed by atoms with E-state index in [2.05, 4.69) is 0 Å². The van der Waals surface area contributed by atoms with E-state index in [4.69, 9.17) is 0 Å². The van der Waals surface area contributed by atoms with E-state index < -0.39 is 20.0 Å². The second-order valence-electron chi connectivity index (χ2n) is 4.56. The van der Waals surface area contributed by atoms with Crippen molar-refractivity contribution in [3.05, 3.63) is 24.3 Å². The first-order chi connectivity index (χ1) is 9.21. The Kier molecular flexibility index (Phi) is 4.05. The Labute approximate surface area is 118 Å². The van der Waals surface area contributed by atoms with Gasteiger partial charge < -0.3 is 5.11 Å². The zero-order chi connectivity index (χ0) is 15.0. The number of aromatic hydroxyl groups is 1. The number of rotatable bonds is 3. The summed E-state index contributed by atoms with van der Waals surface area (Å²) >= 11 is 0. The number of phenols is 1. The molecule has 0 unspecified atom stereocenters. The van der Waals surface area contributed by atoms with Crippen molar-refractivity contribution in [2.45, 2.75) is 4.90 Å². The standard InChI is InChI=1S/C11H16N2O5S2/c1-19(15,16)12-5-7-13(8-6-12)20(17,18)11-4-2-3-10(14)9-11/h2-4,9,14H,5-8H2,1H3. The van der Waals surface area contributed by atoms with Crippen LogP contribution in [0.2, 0.25) is 0 Å². The molecule has 0 amide bonds. The Morgan fingerprint density at radius 3 is 2.05 bits per heavy atom. The number of sulfonamides is 2. The summed E-state index contributed by atoms with van der Waals surface area (Å²) < 4.78 is 49.9. The maximum atomic E-state index is 12.3. The van der Waals surface area contributed by atoms with Crippen molar-refractivity contribution in [1.82, 2.24) is 8.61 Å². The van der Waals surface area contributed by atoms with E-state index in [-0.39, 0.29) is 36.8 Å². The normalized spacial score (nSPS) is 19.1. The zero-order valence-corrected chi connectivity index (χ0v) is 12.6. The Balaban J connectivity index is 2.18. The summed E-state index contributed by atoms with van der Waals surface area (Å²) in [6.07, 6.45) is 1.10. The molecule has 0 saturated carbocycles. The maximum absolute atomic E-state index is 12.3. The van der Waals surface area contributed by atoms with Crippen molar-refractivity contribution in [2.24, 2.45) is 0 Å². The lowest BCUT2D eigenvalue weighted by atomic mass is 10.3. The molecule has 1 aliphatic heterocycles. The van der Waals surface area contributed by atoms with Crippen LogP contribution in [0, 0.1) is 0 Å². The van der Waals surface area contributed by atoms with Crippen LogP contribution in [0.5, 0.6) is 5.75 Å². The number of benzene rings is 1. The maximum Gasteiger partial charge on any atom is 0.243 e. The van der Waals surface area contributed by atoms with Crippen molar-refractivity contribution in [2.75, 3.05) is 32.4 Å². The topological polar surface area (TPSA) is 95.0 Å². The predicted octanol–water partition coefficient (Wildman–Crippen LogP) is -0.342. The Hall–Kier alpha value is -1.16. The summed E-state index contributed by atoms with van der Waals surface area (Å²) in [6.45, 7) is 0.476. The van der Waals surface area contributed by atoms with Crippen LogP contribution in [0.25, 0.3) is 0 Å². The van der Waals surface area contributed by atoms with Gasteiger partial charge in [-0.3, -0.25) is 0 Å². The van der Waals surface area contributed by atoms with Crippen LogP contribution in [0.3, 0.4) is 0 Å². The summed E-state index contributed by atoms with van der Waals surface area (Å²) in [6, 6.07) is 5.42. The van der Waals surface area contributed by atoms with Crippen LogP contribution in [-0.2, 0) is 20.0 Å². The highest BCUT2D eigenvalue weighted by atomic mass is 32.2. The van der Waals surface area contributed by atoms with Crippen LogP contribution < -0.4 is 0 Å². The van der Waals surface area contributed by atoms with Crippen LogP contribution in [-0.4, -0.2) is 63.0 Å². The molecule has 1 aromatic rings. The van der Waals surface area contributed by atoms with Crippen LogP contribution in [0.1, 0.15) is 0 Å². The van der Waals surface area contributed by atoms with Gasteiger partial charge in [-0.15, -0.1) is 0 Å². The monoisotopic (exact) mass is 320 g/mol. The van der Waals surface area contributed by atoms with Gasteiger partial charge in [0.25, 0.3) is 0 Å². The molecule has 1 N–H and O–H groups in total. The highest BCUT2D eigenvalue weighted by Crippen LogP contribution is 2.21. The highest BCUT2D eigenvalue weighted by molar-refractivity contribution is 7.89. The highest BCUT2D eigenvalue weighted by Gasteiger charge is 2.31. The fraction of sp³-hybridized carbons (Fsp3) is 0.455. The smallest absolute Gasteiger partial charge is 0.243 e. The van der Waals surface area contributed by atoms with Crippen molar-refractivity contribution in [3.63, 3.8) is 0 Å². The molecule has 0 spiro atoms. The van der Waals surface area contributed by atoms with Crippen molar-refractivity contribution < 1.29 is 21.9 Å². The third-order valence-electron chi connectivity index (χ3n) is 3.12. The van der Waals surface area contributed by atoms with Gasteiger partial charge >= 0.3 is 0 Å². The van der Waals surface area contributed by atoms with Gasteiger partial charge in [-0.1, -0.05) is 6.07 Å². The summed E-state index contributed by atoms with van der Waals surface area (Å²) in [5.74, 6) is -0.124. The minimum Gasteiger partial charge on any atom is -0.508 e. The molecule has 0 aliphatic carbocycles. The van der Waals surface area contributed by atoms with E-state index in [0.29, 0.717) is 0 Å². The molecular weight excluding hydrogens is 304 g/mol. The lowest BCUT2D eigenvalue weighted by Crippen LogP contribution is -2.50. The largest absolute Gasteiger partial charge is 0.508 e. The quantitative estimate of drug-likeness (QED) is 0.822. The van der Waals surface area contributed by atoms with Gasteiger partial charge in [-0.2, -0.15) is 8.61 Å². The van der Waals surface area contributed by atoms with Gasteiger partial charge in [-0.05, 0) is 18.2 Å². The molecular formula is C11H16N2O5S2. The fourth-order valence-electron chi connectivity index (χ4n) is 2.03. The third kappa shape index (κ3) is 3.11. The molecule has 112 valence electrons. The minimum atomic E-state index is -3.70. The minimum absolute atomic E-state index is 0.00491. The molecule has 1 aliphatic rings. The van der Waals surface area contributed by atoms with E-state index in [1.807, 2.05) is 0 Å². The van der Waals surface area contributed by atoms with E-state index in [1.165, 1.54) is 32.9 Å². The average molecular weight is 320 g/mol. The molecule has 9 heteroatoms. The molecule has 7 nitrogen and oxygen atoms in total. The first kappa shape index (κ1) is 15.2. The first-order valence-corrected chi connectivity index (χ1v) is 9.24. The fourth-order valence-corrected chi connectivity index (χ4v) is 4.32. The molecule has 1 saturated heterocycles. The van der Waals surface area contributed by atoms with Crippen molar-refractivity contribution >= 4 is 20.0 Å². The average Bonchev–Trinajstić information content (AvgIpc) is 2.38. The van der Waals surface area contributed by atoms with Crippen LogP contribution >= 0.6 is 0 Å². The van der Waals surface area contributed by atoms with E-state index in [0.717, 1.165) is 6.26 Å². The molecule has 1 heterocycles. The van der Waals surface area contributed by atoms with Crippen molar-refractivity contribution in [1.29, 1.82) is 0 Å². The number of nitrogens with zero attached hydrogens (tertiary/aromatic N) is 2. The first-order valence-electron chi connectivity index (χ1n) is 5.95. The molecule has 2 rings (SSSR count). The molecule has 20 heavy (non-hydrogen) atoms. The summed E-state index contributed by atoms with van der Waals surface area (Å²) in [4.78, 5) is 0.00491. The molecule has 1 aromatic carbocycles. The lowest BCUT2D eigenvalue weighted by molar-refractivity contribution is 0.274. The van der Waals surface area contributed by atoms with Gasteiger partial charge in [0.1, 0.15) is 5.75 Å². The molecule has 0 radical (unpaired) electrons. The SMILES string of the molecule is CS(=O)(=O)N1CCN(S(=O)(=O)c2cccc(O)c2)CC1. The number of piperazine rings is 1. The summed E-state index contributed by atoms with van der Waals surface area (Å²) in [7, 11) is -7.00. The Morgan fingerprint density at radius 2 is 1.55 bits per heavy atom. The second-order valence-corrected chi connectivity index (χ2v) is 8.48. The molecule has 0 aromatic heterocycles. The Morgan fingerprint density at radius 1 is 1.00 bits per heavy atom. The van der Waals surface area contributed by atoms with Gasteiger partial charge in [-0.25, -0.2) is 16.8 Å². The van der Waals surface area contributed by atoms with E-state index >= 15 is 0 Å². The number of hydrogen-bond acceptors (Lipinski definition) is 5. The zero-order valence-electron chi connectivity index (χ0n) is 10.9. The van der Waals surface area contributed by atoms with Crippen LogP contribution in [0.15, 0.2) is 29.2 Å². The van der Waals surface area contributed by atoms with Crippen molar-refractivity contribution in [3.8, 4) is 5.75 Å². The van der Waals surface area contributed by atoms with Gasteiger partial charge in [0.05, 0.1) is 11.2 Å². The number of hydrogen-bond donors (Lipinski definition) is 1. The predicted molar refractivity (Wildman–Crippen MR) is 73.3 cm³/mol. The van der Waals surface area contributed by atoms with E-state index in [9.17, 15) is 21.9 Å². The van der Waals surface area contributed by atoms with E-state index in [1.54, 1.807) is 0 Å². The second kappa shape index (κ2) is 5.32. The molecule has 0 atom stereocenters. The van der Waals surface area contributed by atoms with Gasteiger partial charge in [0.15, 0.2) is 0 Å². The van der Waals surface area contributed by atoms with Gasteiger partial charge in [0, 0.05) is 26.2 Å².